The molecule has 0 saturated heterocycles. The summed E-state index contributed by atoms with van der Waals surface area (Å²) in [4.78, 5) is 15.0. The summed E-state index contributed by atoms with van der Waals surface area (Å²) in [7, 11) is 1.81. The molecule has 0 N–H and O–H groups in total. The van der Waals surface area contributed by atoms with Gasteiger partial charge in [0.05, 0.1) is 35.6 Å². The van der Waals surface area contributed by atoms with Gasteiger partial charge in [0.2, 0.25) is 5.91 Å². The van der Waals surface area contributed by atoms with E-state index in [1.807, 2.05) is 24.1 Å². The third-order valence-electron chi connectivity index (χ3n) is 2.71. The summed E-state index contributed by atoms with van der Waals surface area (Å²) in [6.07, 6.45) is 0. The zero-order valence-electron chi connectivity index (χ0n) is 9.34. The van der Waals surface area contributed by atoms with Crippen molar-refractivity contribution < 1.29 is 4.79 Å². The molecule has 84 valence electrons. The average molecular weight is 226 g/mol. The van der Waals surface area contributed by atoms with Gasteiger partial charge >= 0.3 is 0 Å². The van der Waals surface area contributed by atoms with Crippen LogP contribution in [0.25, 0.3) is 0 Å². The summed E-state index contributed by atoms with van der Waals surface area (Å²) in [5.74, 6) is -0.128. The van der Waals surface area contributed by atoms with Crippen molar-refractivity contribution in [2.75, 3.05) is 29.9 Å². The SMILES string of the molecule is CN1CC(=O)N(CC#N)c2cc(C#N)ccc21. The van der Waals surface area contributed by atoms with E-state index in [0.29, 0.717) is 11.3 Å². The number of hydrogen-bond donors (Lipinski definition) is 0. The summed E-state index contributed by atoms with van der Waals surface area (Å²) in [6.45, 7) is 0.259. The summed E-state index contributed by atoms with van der Waals surface area (Å²) < 4.78 is 0. The number of likely N-dealkylation sites (N-methyl/N-ethyl adjacent to an activating group) is 1. The Bertz CT molecular complexity index is 553. The van der Waals surface area contributed by atoms with Gasteiger partial charge in [0, 0.05) is 7.05 Å². The van der Waals surface area contributed by atoms with Crippen molar-refractivity contribution >= 4 is 17.3 Å². The number of fused-ring (bicyclic) bond motifs is 1. The Morgan fingerprint density at radius 3 is 2.76 bits per heavy atom. The highest BCUT2D eigenvalue weighted by molar-refractivity contribution is 6.03. The minimum atomic E-state index is -0.128. The molecule has 0 unspecified atom stereocenters. The second kappa shape index (κ2) is 4.15. The molecule has 0 aromatic heterocycles. The molecule has 1 aliphatic rings. The minimum Gasteiger partial charge on any atom is -0.364 e. The molecule has 0 bridgehead atoms. The van der Waals surface area contributed by atoms with Crippen LogP contribution in [0.5, 0.6) is 0 Å². The first kappa shape index (κ1) is 11.0. The summed E-state index contributed by atoms with van der Waals surface area (Å²) in [5, 5.41) is 17.6. The highest BCUT2D eigenvalue weighted by atomic mass is 16.2. The number of rotatable bonds is 1. The van der Waals surface area contributed by atoms with Crippen LogP contribution in [0.2, 0.25) is 0 Å². The zero-order valence-corrected chi connectivity index (χ0v) is 9.34. The maximum absolute atomic E-state index is 11.8. The van der Waals surface area contributed by atoms with Gasteiger partial charge in [-0.25, -0.2) is 0 Å². The van der Waals surface area contributed by atoms with E-state index in [1.54, 1.807) is 18.2 Å². The lowest BCUT2D eigenvalue weighted by atomic mass is 10.1. The fourth-order valence-electron chi connectivity index (χ4n) is 1.88. The van der Waals surface area contributed by atoms with Crippen molar-refractivity contribution in [2.24, 2.45) is 0 Å². The van der Waals surface area contributed by atoms with Crippen molar-refractivity contribution in [3.63, 3.8) is 0 Å². The Hall–Kier alpha value is -2.53. The molecule has 1 heterocycles. The first-order chi connectivity index (χ1) is 8.17. The summed E-state index contributed by atoms with van der Waals surface area (Å²) >= 11 is 0. The van der Waals surface area contributed by atoms with Gasteiger partial charge in [0.15, 0.2) is 0 Å². The summed E-state index contributed by atoms with van der Waals surface area (Å²) in [6, 6.07) is 9.13. The van der Waals surface area contributed by atoms with E-state index >= 15 is 0 Å². The van der Waals surface area contributed by atoms with Crippen LogP contribution >= 0.6 is 0 Å². The third-order valence-corrected chi connectivity index (χ3v) is 2.71. The van der Waals surface area contributed by atoms with Crippen molar-refractivity contribution in [3.05, 3.63) is 23.8 Å². The molecule has 1 aliphatic heterocycles. The van der Waals surface area contributed by atoms with Crippen LogP contribution in [0.3, 0.4) is 0 Å². The van der Waals surface area contributed by atoms with Crippen LogP contribution in [-0.4, -0.2) is 26.0 Å². The highest BCUT2D eigenvalue weighted by Crippen LogP contribution is 2.33. The Balaban J connectivity index is 2.55. The first-order valence-electron chi connectivity index (χ1n) is 5.10. The van der Waals surface area contributed by atoms with Gasteiger partial charge in [-0.05, 0) is 18.2 Å². The molecule has 0 fully saturated rings. The lowest BCUT2D eigenvalue weighted by Gasteiger charge is -2.34. The van der Waals surface area contributed by atoms with E-state index in [-0.39, 0.29) is 19.0 Å². The van der Waals surface area contributed by atoms with Gasteiger partial charge in [-0.2, -0.15) is 10.5 Å². The number of nitriles is 2. The minimum absolute atomic E-state index is 0.00849. The number of carbonyl (C=O) groups is 1. The first-order valence-corrected chi connectivity index (χ1v) is 5.10. The lowest BCUT2D eigenvalue weighted by Crippen LogP contribution is -2.44. The van der Waals surface area contributed by atoms with E-state index in [1.165, 1.54) is 4.90 Å². The van der Waals surface area contributed by atoms with Crippen LogP contribution in [0.1, 0.15) is 5.56 Å². The topological polar surface area (TPSA) is 71.1 Å². The van der Waals surface area contributed by atoms with Gasteiger partial charge in [-0.3, -0.25) is 9.69 Å². The number of benzene rings is 1. The molecule has 0 radical (unpaired) electrons. The molecule has 17 heavy (non-hydrogen) atoms. The largest absolute Gasteiger partial charge is 0.364 e. The molecule has 5 nitrogen and oxygen atoms in total. The van der Waals surface area contributed by atoms with Crippen LogP contribution in [-0.2, 0) is 4.79 Å². The molecule has 1 aromatic rings. The number of hydrogen-bond acceptors (Lipinski definition) is 4. The molecular formula is C12H10N4O. The second-order valence-electron chi connectivity index (χ2n) is 3.81. The zero-order chi connectivity index (χ0) is 12.4. The Kier molecular flexibility index (Phi) is 2.68. The van der Waals surface area contributed by atoms with Crippen molar-refractivity contribution in [2.45, 2.75) is 0 Å². The summed E-state index contributed by atoms with van der Waals surface area (Å²) in [5.41, 5.74) is 1.97. The fourth-order valence-corrected chi connectivity index (χ4v) is 1.88. The maximum Gasteiger partial charge on any atom is 0.247 e. The highest BCUT2D eigenvalue weighted by Gasteiger charge is 2.27. The maximum atomic E-state index is 11.8. The van der Waals surface area contributed by atoms with E-state index in [9.17, 15) is 4.79 Å². The normalized spacial score (nSPS) is 13.9. The lowest BCUT2D eigenvalue weighted by molar-refractivity contribution is -0.117. The third kappa shape index (κ3) is 1.79. The Morgan fingerprint density at radius 2 is 2.12 bits per heavy atom. The van der Waals surface area contributed by atoms with Crippen molar-refractivity contribution in [3.8, 4) is 12.1 Å². The number of carbonyl (C=O) groups excluding carboxylic acids is 1. The quantitative estimate of drug-likeness (QED) is 0.666. The van der Waals surface area contributed by atoms with Gasteiger partial charge in [0.1, 0.15) is 6.54 Å². The average Bonchev–Trinajstić information content (AvgIpc) is 2.33. The molecule has 0 aliphatic carbocycles. The van der Waals surface area contributed by atoms with Gasteiger partial charge in [-0.1, -0.05) is 0 Å². The molecule has 0 atom stereocenters. The van der Waals surface area contributed by atoms with E-state index < -0.39 is 0 Å². The van der Waals surface area contributed by atoms with Crippen molar-refractivity contribution in [1.29, 1.82) is 10.5 Å². The van der Waals surface area contributed by atoms with E-state index in [4.69, 9.17) is 10.5 Å². The second-order valence-corrected chi connectivity index (χ2v) is 3.81. The van der Waals surface area contributed by atoms with Gasteiger partial charge in [-0.15, -0.1) is 0 Å². The number of amides is 1. The molecule has 1 amide bonds. The predicted octanol–water partition coefficient (Wildman–Crippen LogP) is 0.865. The Morgan fingerprint density at radius 1 is 1.35 bits per heavy atom. The van der Waals surface area contributed by atoms with Crippen LogP contribution in [0.15, 0.2) is 18.2 Å². The van der Waals surface area contributed by atoms with Crippen molar-refractivity contribution in [1.82, 2.24) is 0 Å². The molecular weight excluding hydrogens is 216 g/mol. The number of anilines is 2. The van der Waals surface area contributed by atoms with Gasteiger partial charge in [0.25, 0.3) is 0 Å². The van der Waals surface area contributed by atoms with Crippen LogP contribution < -0.4 is 9.80 Å². The molecule has 1 aromatic carbocycles. The van der Waals surface area contributed by atoms with E-state index in [0.717, 1.165) is 5.69 Å². The van der Waals surface area contributed by atoms with E-state index in [2.05, 4.69) is 0 Å². The molecule has 0 saturated carbocycles. The number of nitrogens with zero attached hydrogens (tertiary/aromatic N) is 4. The van der Waals surface area contributed by atoms with Crippen LogP contribution in [0, 0.1) is 22.7 Å². The smallest absolute Gasteiger partial charge is 0.247 e. The molecule has 5 heteroatoms. The molecule has 2 rings (SSSR count). The Labute approximate surface area is 99.1 Å². The predicted molar refractivity (Wildman–Crippen MR) is 62.4 cm³/mol. The fraction of sp³-hybridized carbons (Fsp3) is 0.250. The van der Waals surface area contributed by atoms with Gasteiger partial charge < -0.3 is 4.90 Å². The standard InChI is InChI=1S/C12H10N4O/c1-15-8-12(17)16(5-4-13)11-6-9(7-14)2-3-10(11)15/h2-3,6H,5,8H2,1H3. The molecule has 0 spiro atoms. The van der Waals surface area contributed by atoms with Crippen LogP contribution in [0.4, 0.5) is 11.4 Å². The monoisotopic (exact) mass is 226 g/mol.